The zero-order chi connectivity index (χ0) is 9.14. The summed E-state index contributed by atoms with van der Waals surface area (Å²) in [7, 11) is 0. The van der Waals surface area contributed by atoms with Crippen LogP contribution in [0.5, 0.6) is 0 Å². The quantitative estimate of drug-likeness (QED) is 0.804. The number of halogens is 3. The maximum atomic E-state index is 13.0. The first-order chi connectivity index (χ1) is 5.66. The van der Waals surface area contributed by atoms with Gasteiger partial charge in [-0.3, -0.25) is 0 Å². The molecule has 1 aromatic carbocycles. The molecule has 66 valence electrons. The number of aliphatic hydroxyl groups excluding tert-OH is 1. The summed E-state index contributed by atoms with van der Waals surface area (Å²) in [4.78, 5) is 0. The molecule has 0 bridgehead atoms. The first kappa shape index (κ1) is 9.96. The molecule has 1 rings (SSSR count). The van der Waals surface area contributed by atoms with Crippen LogP contribution in [-0.2, 0) is 0 Å². The van der Waals surface area contributed by atoms with E-state index in [9.17, 15) is 9.50 Å². The Bertz CT molecular complexity index is 260. The molecule has 1 nitrogen and oxygen atoms in total. The second kappa shape index (κ2) is 4.21. The summed E-state index contributed by atoms with van der Waals surface area (Å²) < 4.78 is 13.6. The minimum Gasteiger partial charge on any atom is -0.387 e. The average molecular weight is 253 g/mol. The molecule has 1 aromatic rings. The Morgan fingerprint density at radius 1 is 1.58 bits per heavy atom. The molecule has 4 heteroatoms. The number of rotatable bonds is 2. The normalized spacial score (nSPS) is 13.0. The van der Waals surface area contributed by atoms with Crippen LogP contribution in [-0.4, -0.2) is 11.0 Å². The smallest absolute Gasteiger partial charge is 0.130 e. The van der Waals surface area contributed by atoms with Crippen molar-refractivity contribution in [2.45, 2.75) is 6.10 Å². The molecule has 0 fully saturated rings. The third-order valence-electron chi connectivity index (χ3n) is 1.48. The van der Waals surface area contributed by atoms with E-state index in [1.54, 1.807) is 12.1 Å². The van der Waals surface area contributed by atoms with Crippen molar-refractivity contribution in [3.63, 3.8) is 0 Å². The lowest BCUT2D eigenvalue weighted by atomic mass is 10.1. The fourth-order valence-electron chi connectivity index (χ4n) is 0.906. The highest BCUT2D eigenvalue weighted by Gasteiger charge is 2.14. The van der Waals surface area contributed by atoms with Gasteiger partial charge in [-0.05, 0) is 12.1 Å². The van der Waals surface area contributed by atoms with Gasteiger partial charge in [0, 0.05) is 10.0 Å². The predicted molar refractivity (Wildman–Crippen MR) is 49.8 cm³/mol. The lowest BCUT2D eigenvalue weighted by Crippen LogP contribution is -2.02. The number of hydrogen-bond acceptors (Lipinski definition) is 1. The largest absolute Gasteiger partial charge is 0.387 e. The molecule has 0 saturated heterocycles. The molecule has 0 heterocycles. The van der Waals surface area contributed by atoms with Crippen LogP contribution in [0.25, 0.3) is 0 Å². The van der Waals surface area contributed by atoms with Crippen molar-refractivity contribution >= 4 is 27.5 Å². The molecule has 0 aromatic heterocycles. The van der Waals surface area contributed by atoms with Crippen LogP contribution in [0.15, 0.2) is 22.7 Å². The van der Waals surface area contributed by atoms with Crippen LogP contribution < -0.4 is 0 Å². The van der Waals surface area contributed by atoms with Crippen LogP contribution in [0.3, 0.4) is 0 Å². The molecule has 0 unspecified atom stereocenters. The summed E-state index contributed by atoms with van der Waals surface area (Å²) in [6.07, 6.45) is -0.956. The molecule has 1 atom stereocenters. The molecule has 0 saturated carbocycles. The second-order valence-corrected chi connectivity index (χ2v) is 3.47. The van der Waals surface area contributed by atoms with Crippen molar-refractivity contribution in [2.75, 3.05) is 5.88 Å². The Labute approximate surface area is 83.3 Å². The molecule has 0 aliphatic carbocycles. The van der Waals surface area contributed by atoms with E-state index in [1.807, 2.05) is 0 Å². The zero-order valence-electron chi connectivity index (χ0n) is 6.10. The van der Waals surface area contributed by atoms with Gasteiger partial charge in [0.25, 0.3) is 0 Å². The highest BCUT2D eigenvalue weighted by atomic mass is 79.9. The number of benzene rings is 1. The summed E-state index contributed by atoms with van der Waals surface area (Å²) in [6.45, 7) is 0. The summed E-state index contributed by atoms with van der Waals surface area (Å²) >= 11 is 8.52. The SMILES string of the molecule is O[C@H](CCl)c1c(F)cccc1Br. The first-order valence-corrected chi connectivity index (χ1v) is 4.67. The van der Waals surface area contributed by atoms with E-state index in [4.69, 9.17) is 11.6 Å². The Hall–Kier alpha value is -0.120. The third kappa shape index (κ3) is 1.97. The van der Waals surface area contributed by atoms with Gasteiger partial charge in [-0.15, -0.1) is 11.6 Å². The molecule has 0 amide bonds. The van der Waals surface area contributed by atoms with Crippen molar-refractivity contribution in [1.82, 2.24) is 0 Å². The fourth-order valence-corrected chi connectivity index (χ4v) is 1.67. The number of alkyl halides is 1. The van der Waals surface area contributed by atoms with E-state index in [0.29, 0.717) is 4.47 Å². The van der Waals surface area contributed by atoms with Gasteiger partial charge in [-0.2, -0.15) is 0 Å². The first-order valence-electron chi connectivity index (χ1n) is 3.34. The molecular weight excluding hydrogens is 246 g/mol. The number of hydrogen-bond donors (Lipinski definition) is 1. The molecule has 0 spiro atoms. The summed E-state index contributed by atoms with van der Waals surface area (Å²) in [5.41, 5.74) is 0.215. The summed E-state index contributed by atoms with van der Waals surface area (Å²) in [5.74, 6) is -0.461. The van der Waals surface area contributed by atoms with Gasteiger partial charge in [-0.1, -0.05) is 22.0 Å². The standard InChI is InChI=1S/C8H7BrClFO/c9-5-2-1-3-6(11)8(5)7(12)4-10/h1-3,7,12H,4H2/t7-/m1/s1. The van der Waals surface area contributed by atoms with Crippen molar-refractivity contribution in [2.24, 2.45) is 0 Å². The van der Waals surface area contributed by atoms with E-state index in [-0.39, 0.29) is 11.4 Å². The van der Waals surface area contributed by atoms with Gasteiger partial charge in [0.15, 0.2) is 0 Å². The minimum absolute atomic E-state index is 0.0144. The Balaban J connectivity index is 3.12. The van der Waals surface area contributed by atoms with Crippen molar-refractivity contribution in [1.29, 1.82) is 0 Å². The van der Waals surface area contributed by atoms with E-state index < -0.39 is 11.9 Å². The van der Waals surface area contributed by atoms with E-state index in [0.717, 1.165) is 0 Å². The van der Waals surface area contributed by atoms with Gasteiger partial charge >= 0.3 is 0 Å². The zero-order valence-corrected chi connectivity index (χ0v) is 8.44. The van der Waals surface area contributed by atoms with E-state index in [1.165, 1.54) is 6.07 Å². The molecule has 0 aliphatic heterocycles. The maximum Gasteiger partial charge on any atom is 0.130 e. The molecule has 1 N–H and O–H groups in total. The van der Waals surface area contributed by atoms with Crippen molar-refractivity contribution in [3.8, 4) is 0 Å². The van der Waals surface area contributed by atoms with Crippen LogP contribution >= 0.6 is 27.5 Å². The van der Waals surface area contributed by atoms with Gasteiger partial charge in [0.1, 0.15) is 5.82 Å². The van der Waals surface area contributed by atoms with Crippen molar-refractivity contribution in [3.05, 3.63) is 34.1 Å². The number of aliphatic hydroxyl groups is 1. The highest BCUT2D eigenvalue weighted by Crippen LogP contribution is 2.26. The van der Waals surface area contributed by atoms with Crippen LogP contribution in [0.2, 0.25) is 0 Å². The fraction of sp³-hybridized carbons (Fsp3) is 0.250. The van der Waals surface area contributed by atoms with Gasteiger partial charge in [0.2, 0.25) is 0 Å². The minimum atomic E-state index is -0.956. The van der Waals surface area contributed by atoms with Crippen LogP contribution in [0.1, 0.15) is 11.7 Å². The van der Waals surface area contributed by atoms with E-state index >= 15 is 0 Å². The molecule has 0 radical (unpaired) electrons. The third-order valence-corrected chi connectivity index (χ3v) is 2.46. The van der Waals surface area contributed by atoms with E-state index in [2.05, 4.69) is 15.9 Å². The molecule has 0 aliphatic rings. The Morgan fingerprint density at radius 3 is 2.75 bits per heavy atom. The average Bonchev–Trinajstić information content (AvgIpc) is 2.03. The topological polar surface area (TPSA) is 20.2 Å². The van der Waals surface area contributed by atoms with Gasteiger partial charge in [-0.25, -0.2) is 4.39 Å². The summed E-state index contributed by atoms with van der Waals surface area (Å²) in [5, 5.41) is 9.29. The molecule has 12 heavy (non-hydrogen) atoms. The van der Waals surface area contributed by atoms with Gasteiger partial charge < -0.3 is 5.11 Å². The van der Waals surface area contributed by atoms with Crippen molar-refractivity contribution < 1.29 is 9.50 Å². The van der Waals surface area contributed by atoms with Crippen LogP contribution in [0, 0.1) is 5.82 Å². The molecular formula is C8H7BrClFO. The van der Waals surface area contributed by atoms with Crippen LogP contribution in [0.4, 0.5) is 4.39 Å². The lowest BCUT2D eigenvalue weighted by molar-refractivity contribution is 0.196. The monoisotopic (exact) mass is 252 g/mol. The van der Waals surface area contributed by atoms with Gasteiger partial charge in [0.05, 0.1) is 12.0 Å². The lowest BCUT2D eigenvalue weighted by Gasteiger charge is -2.09. The predicted octanol–water partition coefficient (Wildman–Crippen LogP) is 2.86. The highest BCUT2D eigenvalue weighted by molar-refractivity contribution is 9.10. The second-order valence-electron chi connectivity index (χ2n) is 2.31. The maximum absolute atomic E-state index is 13.0. The Morgan fingerprint density at radius 2 is 2.25 bits per heavy atom. The Kier molecular flexibility index (Phi) is 3.50. The summed E-state index contributed by atoms with van der Waals surface area (Å²) in [6, 6.07) is 4.51.